The van der Waals surface area contributed by atoms with Gasteiger partial charge in [-0.2, -0.15) is 0 Å². The average molecular weight is 240 g/mol. The van der Waals surface area contributed by atoms with E-state index < -0.39 is 5.97 Å². The number of carbonyl (C=O) groups excluding carboxylic acids is 1. The second kappa shape index (κ2) is 5.42. The maximum atomic E-state index is 12.0. The molecule has 94 valence electrons. The lowest BCUT2D eigenvalue weighted by Gasteiger charge is -2.24. The topological polar surface area (TPSA) is 88.3 Å². The second-order valence-corrected chi connectivity index (χ2v) is 4.01. The van der Waals surface area contributed by atoms with Crippen LogP contribution in [0.15, 0.2) is 6.20 Å². The first kappa shape index (κ1) is 13.1. The van der Waals surface area contributed by atoms with Gasteiger partial charge in [0.25, 0.3) is 5.91 Å². The quantitative estimate of drug-likeness (QED) is 0.790. The minimum absolute atomic E-state index is 0.0792. The molecular weight excluding hydrogens is 224 g/mol. The zero-order valence-electron chi connectivity index (χ0n) is 10.1. The van der Waals surface area contributed by atoms with Crippen molar-refractivity contribution < 1.29 is 14.7 Å². The van der Waals surface area contributed by atoms with Gasteiger partial charge in [0.1, 0.15) is 0 Å². The number of aliphatic carboxylic acids is 1. The van der Waals surface area contributed by atoms with Gasteiger partial charge >= 0.3 is 5.97 Å². The van der Waals surface area contributed by atoms with Crippen LogP contribution in [0.4, 0.5) is 0 Å². The molecule has 0 spiro atoms. The Hall–Kier alpha value is -1.92. The first-order valence-corrected chi connectivity index (χ1v) is 5.31. The SMILES string of the molecule is CC(C)N(CCC(=O)O)C(=O)c1cn(C)nn1. The van der Waals surface area contributed by atoms with Crippen molar-refractivity contribution in [3.63, 3.8) is 0 Å². The summed E-state index contributed by atoms with van der Waals surface area (Å²) >= 11 is 0. The summed E-state index contributed by atoms with van der Waals surface area (Å²) in [6, 6.07) is -0.0798. The summed E-state index contributed by atoms with van der Waals surface area (Å²) in [5.41, 5.74) is 0.228. The summed E-state index contributed by atoms with van der Waals surface area (Å²) in [4.78, 5) is 24.0. The molecule has 0 aliphatic rings. The molecule has 0 atom stereocenters. The molecule has 1 heterocycles. The standard InChI is InChI=1S/C10H16N4O3/c1-7(2)14(5-4-9(15)16)10(17)8-6-13(3)12-11-8/h6-7H,4-5H2,1-3H3,(H,15,16). The smallest absolute Gasteiger partial charge is 0.305 e. The van der Waals surface area contributed by atoms with Crippen molar-refractivity contribution in [3.05, 3.63) is 11.9 Å². The molecular formula is C10H16N4O3. The number of carboxylic acids is 1. The van der Waals surface area contributed by atoms with Crippen molar-refractivity contribution in [3.8, 4) is 0 Å². The van der Waals surface area contributed by atoms with Crippen molar-refractivity contribution in [2.24, 2.45) is 7.05 Å². The summed E-state index contributed by atoms with van der Waals surface area (Å²) in [5.74, 6) is -1.23. The second-order valence-electron chi connectivity index (χ2n) is 4.01. The fourth-order valence-corrected chi connectivity index (χ4v) is 1.40. The third-order valence-corrected chi connectivity index (χ3v) is 2.27. The lowest BCUT2D eigenvalue weighted by molar-refractivity contribution is -0.137. The predicted octanol–water partition coefficient (Wildman–Crippen LogP) is 0.140. The van der Waals surface area contributed by atoms with Crippen molar-refractivity contribution in [2.75, 3.05) is 6.54 Å². The van der Waals surface area contributed by atoms with Gasteiger partial charge in [-0.1, -0.05) is 5.21 Å². The molecule has 0 saturated carbocycles. The van der Waals surface area contributed by atoms with Crippen molar-refractivity contribution in [1.29, 1.82) is 0 Å². The van der Waals surface area contributed by atoms with E-state index in [0.29, 0.717) is 0 Å². The summed E-state index contributed by atoms with van der Waals surface area (Å²) in [7, 11) is 1.67. The summed E-state index contributed by atoms with van der Waals surface area (Å²) in [6.45, 7) is 3.83. The molecule has 0 bridgehead atoms. The fraction of sp³-hybridized carbons (Fsp3) is 0.600. The van der Waals surface area contributed by atoms with Crippen LogP contribution in [-0.4, -0.2) is 49.5 Å². The lowest BCUT2D eigenvalue weighted by Crippen LogP contribution is -2.38. The Balaban J connectivity index is 2.77. The molecule has 1 N–H and O–H groups in total. The van der Waals surface area contributed by atoms with Crippen LogP contribution in [0.2, 0.25) is 0 Å². The number of carboxylic acid groups (broad SMARTS) is 1. The Morgan fingerprint density at radius 3 is 2.59 bits per heavy atom. The van der Waals surface area contributed by atoms with Crippen LogP contribution in [0.5, 0.6) is 0 Å². The number of aromatic nitrogens is 3. The average Bonchev–Trinajstić information content (AvgIpc) is 2.63. The van der Waals surface area contributed by atoms with E-state index in [2.05, 4.69) is 10.3 Å². The Labute approximate surface area is 99.0 Å². The highest BCUT2D eigenvalue weighted by molar-refractivity contribution is 5.92. The van der Waals surface area contributed by atoms with E-state index in [0.717, 1.165) is 0 Å². The lowest BCUT2D eigenvalue weighted by atomic mass is 10.2. The molecule has 0 fully saturated rings. The third kappa shape index (κ3) is 3.54. The normalized spacial score (nSPS) is 10.6. The van der Waals surface area contributed by atoms with Crippen LogP contribution < -0.4 is 0 Å². The van der Waals surface area contributed by atoms with Crippen molar-refractivity contribution in [2.45, 2.75) is 26.3 Å². The van der Waals surface area contributed by atoms with Crippen LogP contribution in [0, 0.1) is 0 Å². The first-order chi connectivity index (χ1) is 7.91. The van der Waals surface area contributed by atoms with Crippen LogP contribution >= 0.6 is 0 Å². The van der Waals surface area contributed by atoms with Gasteiger partial charge in [0.2, 0.25) is 0 Å². The van der Waals surface area contributed by atoms with E-state index in [-0.39, 0.29) is 30.6 Å². The minimum atomic E-state index is -0.928. The largest absolute Gasteiger partial charge is 0.481 e. The van der Waals surface area contributed by atoms with Crippen LogP contribution in [-0.2, 0) is 11.8 Å². The number of hydrogen-bond acceptors (Lipinski definition) is 4. The highest BCUT2D eigenvalue weighted by atomic mass is 16.4. The number of carbonyl (C=O) groups is 2. The number of aryl methyl sites for hydroxylation is 1. The zero-order chi connectivity index (χ0) is 13.0. The van der Waals surface area contributed by atoms with Gasteiger partial charge < -0.3 is 10.0 Å². The molecule has 0 aliphatic carbocycles. The highest BCUT2D eigenvalue weighted by Gasteiger charge is 2.21. The van der Waals surface area contributed by atoms with E-state index in [1.165, 1.54) is 15.8 Å². The minimum Gasteiger partial charge on any atom is -0.481 e. The van der Waals surface area contributed by atoms with E-state index in [9.17, 15) is 9.59 Å². The van der Waals surface area contributed by atoms with Crippen LogP contribution in [0.1, 0.15) is 30.8 Å². The zero-order valence-corrected chi connectivity index (χ0v) is 10.1. The fourth-order valence-electron chi connectivity index (χ4n) is 1.40. The van der Waals surface area contributed by atoms with Gasteiger partial charge in [0.15, 0.2) is 5.69 Å². The van der Waals surface area contributed by atoms with E-state index in [4.69, 9.17) is 5.11 Å². The number of hydrogen-bond donors (Lipinski definition) is 1. The van der Waals surface area contributed by atoms with Crippen molar-refractivity contribution >= 4 is 11.9 Å². The molecule has 0 radical (unpaired) electrons. The van der Waals surface area contributed by atoms with Crippen LogP contribution in [0.3, 0.4) is 0 Å². The van der Waals surface area contributed by atoms with Crippen LogP contribution in [0.25, 0.3) is 0 Å². The Kier molecular flexibility index (Phi) is 4.19. The maximum absolute atomic E-state index is 12.0. The summed E-state index contributed by atoms with van der Waals surface area (Å²) < 4.78 is 1.43. The first-order valence-electron chi connectivity index (χ1n) is 5.31. The molecule has 1 amide bonds. The number of amides is 1. The predicted molar refractivity (Wildman–Crippen MR) is 59.4 cm³/mol. The molecule has 17 heavy (non-hydrogen) atoms. The van der Waals surface area contributed by atoms with Gasteiger partial charge in [-0.15, -0.1) is 5.10 Å². The Morgan fingerprint density at radius 1 is 1.53 bits per heavy atom. The van der Waals surface area contributed by atoms with Gasteiger partial charge in [-0.25, -0.2) is 0 Å². The van der Waals surface area contributed by atoms with E-state index in [1.54, 1.807) is 7.05 Å². The molecule has 0 aliphatic heterocycles. The Morgan fingerprint density at radius 2 is 2.18 bits per heavy atom. The van der Waals surface area contributed by atoms with E-state index in [1.807, 2.05) is 13.8 Å². The molecule has 0 saturated heterocycles. The van der Waals surface area contributed by atoms with E-state index >= 15 is 0 Å². The number of nitrogens with zero attached hydrogens (tertiary/aromatic N) is 4. The molecule has 1 aromatic heterocycles. The molecule has 1 aromatic rings. The summed E-state index contributed by atoms with van der Waals surface area (Å²) in [6.07, 6.45) is 1.43. The highest BCUT2D eigenvalue weighted by Crippen LogP contribution is 2.06. The molecule has 1 rings (SSSR count). The van der Waals surface area contributed by atoms with Crippen molar-refractivity contribution in [1.82, 2.24) is 19.9 Å². The maximum Gasteiger partial charge on any atom is 0.305 e. The van der Waals surface area contributed by atoms with Gasteiger partial charge in [0.05, 0.1) is 12.6 Å². The molecule has 0 unspecified atom stereocenters. The molecule has 7 nitrogen and oxygen atoms in total. The number of rotatable bonds is 5. The van der Waals surface area contributed by atoms with Gasteiger partial charge in [-0.3, -0.25) is 14.3 Å². The third-order valence-electron chi connectivity index (χ3n) is 2.27. The molecule has 0 aromatic carbocycles. The summed E-state index contributed by atoms with van der Waals surface area (Å²) in [5, 5.41) is 16.0. The van der Waals surface area contributed by atoms with Gasteiger partial charge in [-0.05, 0) is 13.8 Å². The monoisotopic (exact) mass is 240 g/mol. The van der Waals surface area contributed by atoms with Gasteiger partial charge in [0, 0.05) is 19.6 Å². The molecule has 7 heteroatoms. The Bertz CT molecular complexity index is 413.